The zero-order chi connectivity index (χ0) is 20.3. The number of hydrogen-bond donors (Lipinski definition) is 0. The second-order valence-corrected chi connectivity index (χ2v) is 8.16. The van der Waals surface area contributed by atoms with Gasteiger partial charge in [-0.2, -0.15) is 4.31 Å². The lowest BCUT2D eigenvalue weighted by molar-refractivity contribution is 0.0694. The van der Waals surface area contributed by atoms with Crippen LogP contribution in [-0.4, -0.2) is 63.9 Å². The summed E-state index contributed by atoms with van der Waals surface area (Å²) in [7, 11) is -0.816. The van der Waals surface area contributed by atoms with E-state index < -0.39 is 15.8 Å². The molecule has 1 amide bonds. The minimum Gasteiger partial charge on any atom is -0.497 e. The summed E-state index contributed by atoms with van der Waals surface area (Å²) < 4.78 is 50.4. The molecule has 0 bridgehead atoms. The third-order valence-corrected chi connectivity index (χ3v) is 6.49. The molecule has 28 heavy (non-hydrogen) atoms. The Morgan fingerprint density at radius 1 is 1.00 bits per heavy atom. The van der Waals surface area contributed by atoms with Gasteiger partial charge >= 0.3 is 0 Å². The summed E-state index contributed by atoms with van der Waals surface area (Å²) in [6, 6.07) is 9.82. The number of benzene rings is 2. The number of methoxy groups -OCH3 is 2. The van der Waals surface area contributed by atoms with Gasteiger partial charge in [-0.25, -0.2) is 12.8 Å². The van der Waals surface area contributed by atoms with Crippen molar-refractivity contribution in [1.82, 2.24) is 9.21 Å². The number of carbonyl (C=O) groups excluding carboxylic acids is 1. The molecule has 1 aliphatic heterocycles. The van der Waals surface area contributed by atoms with Crippen molar-refractivity contribution in [2.75, 3.05) is 40.4 Å². The molecule has 0 N–H and O–H groups in total. The van der Waals surface area contributed by atoms with Gasteiger partial charge in [-0.3, -0.25) is 4.79 Å². The smallest absolute Gasteiger partial charge is 0.257 e. The Hall–Kier alpha value is -2.65. The third-order valence-electron chi connectivity index (χ3n) is 4.60. The molecule has 0 radical (unpaired) electrons. The monoisotopic (exact) mass is 408 g/mol. The van der Waals surface area contributed by atoms with Crippen molar-refractivity contribution >= 4 is 15.9 Å². The normalized spacial score (nSPS) is 15.3. The van der Waals surface area contributed by atoms with Gasteiger partial charge in [0.2, 0.25) is 10.0 Å². The van der Waals surface area contributed by atoms with E-state index in [1.165, 1.54) is 36.7 Å². The van der Waals surface area contributed by atoms with E-state index in [1.807, 2.05) is 0 Å². The van der Waals surface area contributed by atoms with Gasteiger partial charge in [0.15, 0.2) is 0 Å². The zero-order valence-electron chi connectivity index (χ0n) is 15.6. The van der Waals surface area contributed by atoms with Crippen LogP contribution in [0.2, 0.25) is 0 Å². The fourth-order valence-corrected chi connectivity index (χ4v) is 4.51. The van der Waals surface area contributed by atoms with Gasteiger partial charge in [-0.15, -0.1) is 0 Å². The van der Waals surface area contributed by atoms with Gasteiger partial charge < -0.3 is 14.4 Å². The van der Waals surface area contributed by atoms with Crippen LogP contribution in [0.4, 0.5) is 4.39 Å². The molecule has 0 aliphatic carbocycles. The maximum atomic E-state index is 13.4. The molecule has 150 valence electrons. The lowest BCUT2D eigenvalue weighted by Gasteiger charge is -2.34. The highest BCUT2D eigenvalue weighted by molar-refractivity contribution is 7.89. The average molecular weight is 408 g/mol. The van der Waals surface area contributed by atoms with Crippen LogP contribution >= 0.6 is 0 Å². The Kier molecular flexibility index (Phi) is 5.85. The Morgan fingerprint density at radius 2 is 1.71 bits per heavy atom. The zero-order valence-corrected chi connectivity index (χ0v) is 16.4. The fraction of sp³-hybridized carbons (Fsp3) is 0.316. The van der Waals surface area contributed by atoms with E-state index in [4.69, 9.17) is 9.47 Å². The molecule has 3 rings (SSSR count). The van der Waals surface area contributed by atoms with Crippen molar-refractivity contribution in [3.05, 3.63) is 53.8 Å². The highest BCUT2D eigenvalue weighted by Crippen LogP contribution is 2.26. The number of hydrogen-bond acceptors (Lipinski definition) is 5. The van der Waals surface area contributed by atoms with Crippen molar-refractivity contribution < 1.29 is 27.1 Å². The van der Waals surface area contributed by atoms with Crippen molar-refractivity contribution in [3.8, 4) is 11.5 Å². The molecule has 0 unspecified atom stereocenters. The molecule has 1 aliphatic rings. The lowest BCUT2D eigenvalue weighted by Crippen LogP contribution is -2.50. The lowest BCUT2D eigenvalue weighted by atomic mass is 10.1. The molecule has 2 aromatic carbocycles. The van der Waals surface area contributed by atoms with E-state index in [2.05, 4.69) is 0 Å². The van der Waals surface area contributed by atoms with E-state index in [9.17, 15) is 17.6 Å². The molecule has 0 atom stereocenters. The Bertz CT molecular complexity index is 972. The first-order valence-corrected chi connectivity index (χ1v) is 10.1. The number of nitrogens with zero attached hydrogens (tertiary/aromatic N) is 2. The van der Waals surface area contributed by atoms with E-state index >= 15 is 0 Å². The summed E-state index contributed by atoms with van der Waals surface area (Å²) in [6.45, 7) is 0.706. The number of carbonyl (C=O) groups is 1. The minimum atomic E-state index is -3.81. The van der Waals surface area contributed by atoms with Crippen LogP contribution in [0, 0.1) is 5.82 Å². The van der Waals surface area contributed by atoms with Crippen LogP contribution in [-0.2, 0) is 10.0 Å². The van der Waals surface area contributed by atoms with Gasteiger partial charge in [0.1, 0.15) is 17.3 Å². The Morgan fingerprint density at radius 3 is 2.32 bits per heavy atom. The highest BCUT2D eigenvalue weighted by Gasteiger charge is 2.31. The third kappa shape index (κ3) is 3.95. The van der Waals surface area contributed by atoms with Crippen LogP contribution in [0.25, 0.3) is 0 Å². The first-order valence-electron chi connectivity index (χ1n) is 8.64. The maximum Gasteiger partial charge on any atom is 0.257 e. The molecule has 9 heteroatoms. The first kappa shape index (κ1) is 20.1. The van der Waals surface area contributed by atoms with Crippen molar-refractivity contribution in [2.24, 2.45) is 0 Å². The molecule has 1 saturated heterocycles. The molecule has 0 spiro atoms. The number of rotatable bonds is 5. The van der Waals surface area contributed by atoms with Crippen LogP contribution < -0.4 is 9.47 Å². The number of halogens is 1. The predicted molar refractivity (Wildman–Crippen MR) is 101 cm³/mol. The van der Waals surface area contributed by atoms with Gasteiger partial charge in [0, 0.05) is 32.2 Å². The largest absolute Gasteiger partial charge is 0.497 e. The Labute approximate surface area is 163 Å². The summed E-state index contributed by atoms with van der Waals surface area (Å²) in [5, 5.41) is 0. The number of piperazine rings is 1. The van der Waals surface area contributed by atoms with Crippen LogP contribution in [0.5, 0.6) is 11.5 Å². The summed E-state index contributed by atoms with van der Waals surface area (Å²) in [6.07, 6.45) is 0. The molecule has 1 heterocycles. The molecule has 0 saturated carbocycles. The molecule has 0 aromatic heterocycles. The summed E-state index contributed by atoms with van der Waals surface area (Å²) in [5.41, 5.74) is 0.379. The summed E-state index contributed by atoms with van der Waals surface area (Å²) in [5.74, 6) is 0.0994. The molecule has 7 nitrogen and oxygen atoms in total. The van der Waals surface area contributed by atoms with Crippen molar-refractivity contribution in [2.45, 2.75) is 4.90 Å². The molecule has 1 fully saturated rings. The van der Waals surface area contributed by atoms with Crippen LogP contribution in [0.1, 0.15) is 10.4 Å². The standard InChI is InChI=1S/C19H21FN2O5S/c1-26-15-6-7-17(18(13-15)27-2)19(23)21-8-10-22(11-9-21)28(24,25)16-5-3-4-14(20)12-16/h3-7,12-13H,8-11H2,1-2H3. The predicted octanol–water partition coefficient (Wildman–Crippen LogP) is 1.99. The molecular formula is C19H21FN2O5S. The topological polar surface area (TPSA) is 76.2 Å². The van der Waals surface area contributed by atoms with Crippen LogP contribution in [0.15, 0.2) is 47.4 Å². The van der Waals surface area contributed by atoms with E-state index in [0.717, 1.165) is 6.07 Å². The SMILES string of the molecule is COc1ccc(C(=O)N2CCN(S(=O)(=O)c3cccc(F)c3)CC2)c(OC)c1. The van der Waals surface area contributed by atoms with Crippen molar-refractivity contribution in [1.29, 1.82) is 0 Å². The second-order valence-electron chi connectivity index (χ2n) is 6.22. The molecular weight excluding hydrogens is 387 g/mol. The van der Waals surface area contributed by atoms with E-state index in [-0.39, 0.29) is 37.0 Å². The fourth-order valence-electron chi connectivity index (χ4n) is 3.05. The number of ether oxygens (including phenoxy) is 2. The second kappa shape index (κ2) is 8.15. The average Bonchev–Trinajstić information content (AvgIpc) is 2.72. The first-order chi connectivity index (χ1) is 13.4. The summed E-state index contributed by atoms with van der Waals surface area (Å²) >= 11 is 0. The maximum absolute atomic E-state index is 13.4. The minimum absolute atomic E-state index is 0.0934. The van der Waals surface area contributed by atoms with Crippen molar-refractivity contribution in [3.63, 3.8) is 0 Å². The summed E-state index contributed by atoms with van der Waals surface area (Å²) in [4.78, 5) is 14.3. The van der Waals surface area contributed by atoms with Crippen LogP contribution in [0.3, 0.4) is 0 Å². The number of amides is 1. The number of sulfonamides is 1. The Balaban J connectivity index is 1.72. The van der Waals surface area contributed by atoms with E-state index in [1.54, 1.807) is 23.1 Å². The van der Waals surface area contributed by atoms with Gasteiger partial charge in [0.25, 0.3) is 5.91 Å². The van der Waals surface area contributed by atoms with Gasteiger partial charge in [0.05, 0.1) is 24.7 Å². The quantitative estimate of drug-likeness (QED) is 0.756. The highest BCUT2D eigenvalue weighted by atomic mass is 32.2. The van der Waals surface area contributed by atoms with Gasteiger partial charge in [-0.05, 0) is 30.3 Å². The van der Waals surface area contributed by atoms with E-state index in [0.29, 0.717) is 17.1 Å². The molecule has 2 aromatic rings. The van der Waals surface area contributed by atoms with Gasteiger partial charge in [-0.1, -0.05) is 6.07 Å².